The molecule has 1 aromatic carbocycles. The SMILES string of the molecule is CCc1nnsc1C(=O)NC(C(=O)OC)c1ccccc1. The third-order valence-corrected chi connectivity index (χ3v) is 3.71. The maximum absolute atomic E-state index is 12.3. The molecule has 7 heteroatoms. The molecule has 0 saturated heterocycles. The predicted molar refractivity (Wildman–Crippen MR) is 78.0 cm³/mol. The number of amides is 1. The van der Waals surface area contributed by atoms with E-state index in [0.717, 1.165) is 11.5 Å². The lowest BCUT2D eigenvalue weighted by Gasteiger charge is -2.16. The number of hydrogen-bond acceptors (Lipinski definition) is 6. The largest absolute Gasteiger partial charge is 0.467 e. The average molecular weight is 305 g/mol. The van der Waals surface area contributed by atoms with E-state index in [-0.39, 0.29) is 5.91 Å². The molecule has 0 aliphatic heterocycles. The molecule has 2 aromatic rings. The van der Waals surface area contributed by atoms with Crippen LogP contribution in [0.2, 0.25) is 0 Å². The van der Waals surface area contributed by atoms with E-state index in [1.54, 1.807) is 24.3 Å². The second-order valence-corrected chi connectivity index (χ2v) is 5.00. The van der Waals surface area contributed by atoms with Crippen molar-refractivity contribution in [3.05, 3.63) is 46.5 Å². The summed E-state index contributed by atoms with van der Waals surface area (Å²) in [6.45, 7) is 1.89. The van der Waals surface area contributed by atoms with E-state index in [4.69, 9.17) is 4.74 Å². The van der Waals surface area contributed by atoms with Crippen LogP contribution in [0.3, 0.4) is 0 Å². The van der Waals surface area contributed by atoms with Gasteiger partial charge in [-0.25, -0.2) is 4.79 Å². The van der Waals surface area contributed by atoms with Crippen molar-refractivity contribution >= 4 is 23.4 Å². The quantitative estimate of drug-likeness (QED) is 0.851. The molecule has 1 aromatic heterocycles. The molecule has 6 nitrogen and oxygen atoms in total. The van der Waals surface area contributed by atoms with Crippen molar-refractivity contribution in [3.63, 3.8) is 0 Å². The Morgan fingerprint density at radius 3 is 2.67 bits per heavy atom. The molecule has 1 amide bonds. The van der Waals surface area contributed by atoms with Crippen LogP contribution >= 0.6 is 11.5 Å². The molecule has 1 atom stereocenters. The molecular formula is C14H15N3O3S. The minimum atomic E-state index is -0.851. The first-order valence-corrected chi connectivity index (χ1v) is 7.19. The number of hydrogen-bond donors (Lipinski definition) is 1. The molecule has 0 aliphatic carbocycles. The van der Waals surface area contributed by atoms with Crippen LogP contribution in [-0.2, 0) is 16.0 Å². The van der Waals surface area contributed by atoms with Gasteiger partial charge < -0.3 is 10.1 Å². The molecule has 1 N–H and O–H groups in total. The fourth-order valence-corrected chi connectivity index (χ4v) is 2.50. The van der Waals surface area contributed by atoms with Crippen molar-refractivity contribution in [2.75, 3.05) is 7.11 Å². The number of esters is 1. The molecule has 0 radical (unpaired) electrons. The molecule has 21 heavy (non-hydrogen) atoms. The number of rotatable bonds is 5. The van der Waals surface area contributed by atoms with E-state index in [9.17, 15) is 9.59 Å². The molecule has 0 spiro atoms. The number of nitrogens with zero attached hydrogens (tertiary/aromatic N) is 2. The Morgan fingerprint density at radius 2 is 2.05 bits per heavy atom. The van der Waals surface area contributed by atoms with Crippen molar-refractivity contribution in [1.82, 2.24) is 14.9 Å². The van der Waals surface area contributed by atoms with Gasteiger partial charge in [0.2, 0.25) is 0 Å². The second kappa shape index (κ2) is 6.94. The zero-order valence-electron chi connectivity index (χ0n) is 11.7. The van der Waals surface area contributed by atoms with Gasteiger partial charge in [-0.1, -0.05) is 41.7 Å². The number of nitrogens with one attached hydrogen (secondary N) is 1. The van der Waals surface area contributed by atoms with Crippen LogP contribution in [-0.4, -0.2) is 28.6 Å². The summed E-state index contributed by atoms with van der Waals surface area (Å²) in [5.41, 5.74) is 1.28. The number of carbonyl (C=O) groups is 2. The van der Waals surface area contributed by atoms with Crippen molar-refractivity contribution < 1.29 is 14.3 Å². The van der Waals surface area contributed by atoms with Crippen LogP contribution in [0.25, 0.3) is 0 Å². The van der Waals surface area contributed by atoms with Gasteiger partial charge in [-0.3, -0.25) is 4.79 Å². The van der Waals surface area contributed by atoms with Gasteiger partial charge >= 0.3 is 5.97 Å². The lowest BCUT2D eigenvalue weighted by Crippen LogP contribution is -2.34. The van der Waals surface area contributed by atoms with Crippen LogP contribution in [0.1, 0.15) is 33.9 Å². The fraction of sp³-hybridized carbons (Fsp3) is 0.286. The van der Waals surface area contributed by atoms with Gasteiger partial charge in [0.25, 0.3) is 5.91 Å². The molecular weight excluding hydrogens is 290 g/mol. The van der Waals surface area contributed by atoms with Crippen molar-refractivity contribution in [2.45, 2.75) is 19.4 Å². The number of benzene rings is 1. The van der Waals surface area contributed by atoms with E-state index in [0.29, 0.717) is 22.6 Å². The molecule has 2 rings (SSSR count). The third-order valence-electron chi connectivity index (χ3n) is 2.94. The van der Waals surface area contributed by atoms with E-state index in [1.165, 1.54) is 7.11 Å². The predicted octanol–water partition coefficient (Wildman–Crippen LogP) is 1.74. The summed E-state index contributed by atoms with van der Waals surface area (Å²) in [5, 5.41) is 6.57. The normalized spacial score (nSPS) is 11.7. The van der Waals surface area contributed by atoms with Crippen LogP contribution in [0.5, 0.6) is 0 Å². The topological polar surface area (TPSA) is 81.2 Å². The van der Waals surface area contributed by atoms with Crippen LogP contribution in [0.4, 0.5) is 0 Å². The van der Waals surface area contributed by atoms with Crippen LogP contribution in [0.15, 0.2) is 30.3 Å². The van der Waals surface area contributed by atoms with Gasteiger partial charge in [0.05, 0.1) is 12.8 Å². The highest BCUT2D eigenvalue weighted by molar-refractivity contribution is 7.08. The van der Waals surface area contributed by atoms with Gasteiger partial charge in [0.1, 0.15) is 4.88 Å². The molecule has 1 unspecified atom stereocenters. The Kier molecular flexibility index (Phi) is 4.99. The molecule has 110 valence electrons. The maximum Gasteiger partial charge on any atom is 0.333 e. The van der Waals surface area contributed by atoms with E-state index in [2.05, 4.69) is 14.9 Å². The second-order valence-electron chi connectivity index (χ2n) is 4.24. The smallest absolute Gasteiger partial charge is 0.333 e. The molecule has 0 fully saturated rings. The monoisotopic (exact) mass is 305 g/mol. The Hall–Kier alpha value is -2.28. The van der Waals surface area contributed by atoms with Gasteiger partial charge in [-0.05, 0) is 23.5 Å². The summed E-state index contributed by atoms with van der Waals surface area (Å²) < 4.78 is 8.53. The first-order valence-electron chi connectivity index (χ1n) is 6.42. The highest BCUT2D eigenvalue weighted by Gasteiger charge is 2.26. The molecule has 0 aliphatic rings. The van der Waals surface area contributed by atoms with Crippen LogP contribution < -0.4 is 5.32 Å². The van der Waals surface area contributed by atoms with Gasteiger partial charge in [0.15, 0.2) is 6.04 Å². The first kappa shape index (κ1) is 15.1. The number of aryl methyl sites for hydroxylation is 1. The molecule has 0 saturated carbocycles. The summed E-state index contributed by atoms with van der Waals surface area (Å²) in [4.78, 5) is 24.6. The van der Waals surface area contributed by atoms with Crippen LogP contribution in [0, 0.1) is 0 Å². The molecule has 0 bridgehead atoms. The maximum atomic E-state index is 12.3. The van der Waals surface area contributed by atoms with E-state index in [1.807, 2.05) is 13.0 Å². The Morgan fingerprint density at radius 1 is 1.33 bits per heavy atom. The summed E-state index contributed by atoms with van der Waals surface area (Å²) >= 11 is 1.01. The minimum absolute atomic E-state index is 0.374. The first-order chi connectivity index (χ1) is 10.2. The fourth-order valence-electron chi connectivity index (χ4n) is 1.85. The van der Waals surface area contributed by atoms with E-state index < -0.39 is 12.0 Å². The minimum Gasteiger partial charge on any atom is -0.467 e. The zero-order valence-corrected chi connectivity index (χ0v) is 12.5. The lowest BCUT2D eigenvalue weighted by atomic mass is 10.1. The number of methoxy groups -OCH3 is 1. The summed E-state index contributed by atoms with van der Waals surface area (Å²) in [6.07, 6.45) is 0.605. The molecule has 1 heterocycles. The average Bonchev–Trinajstić information content (AvgIpc) is 3.01. The number of aromatic nitrogens is 2. The third kappa shape index (κ3) is 3.43. The Labute approximate surface area is 126 Å². The lowest BCUT2D eigenvalue weighted by molar-refractivity contribution is -0.143. The zero-order chi connectivity index (χ0) is 15.2. The van der Waals surface area contributed by atoms with E-state index >= 15 is 0 Å². The summed E-state index contributed by atoms with van der Waals surface area (Å²) in [6, 6.07) is 8.09. The summed E-state index contributed by atoms with van der Waals surface area (Å²) in [7, 11) is 1.29. The van der Waals surface area contributed by atoms with Crippen molar-refractivity contribution in [1.29, 1.82) is 0 Å². The Bertz CT molecular complexity index is 627. The summed E-state index contributed by atoms with van der Waals surface area (Å²) in [5.74, 6) is -0.897. The highest BCUT2D eigenvalue weighted by atomic mass is 32.1. The van der Waals surface area contributed by atoms with Gasteiger partial charge in [-0.15, -0.1) is 5.10 Å². The van der Waals surface area contributed by atoms with Crippen molar-refractivity contribution in [3.8, 4) is 0 Å². The Balaban J connectivity index is 2.24. The number of ether oxygens (including phenoxy) is 1. The van der Waals surface area contributed by atoms with Gasteiger partial charge in [0, 0.05) is 0 Å². The standard InChI is InChI=1S/C14H15N3O3S/c1-3-10-12(21-17-16-10)13(18)15-11(14(19)20-2)9-7-5-4-6-8-9/h4-8,11H,3H2,1-2H3,(H,15,18). The number of carbonyl (C=O) groups excluding carboxylic acids is 2. The van der Waals surface area contributed by atoms with Gasteiger partial charge in [-0.2, -0.15) is 0 Å². The highest BCUT2D eigenvalue weighted by Crippen LogP contribution is 2.17. The van der Waals surface area contributed by atoms with Crippen molar-refractivity contribution in [2.24, 2.45) is 0 Å².